The number of hydrogen-bond acceptors (Lipinski definition) is 4. The quantitative estimate of drug-likeness (QED) is 0.494. The van der Waals surface area contributed by atoms with E-state index in [0.717, 1.165) is 0 Å². The zero-order chi connectivity index (χ0) is 7.33. The summed E-state index contributed by atoms with van der Waals surface area (Å²) in [5.74, 6) is 0. The van der Waals surface area contributed by atoms with Crippen LogP contribution in [0.1, 0.15) is 0 Å². The Hall–Kier alpha value is 0.245. The van der Waals surface area contributed by atoms with Crippen LogP contribution >= 0.6 is 0 Å². The van der Waals surface area contributed by atoms with Gasteiger partial charge >= 0.3 is 106 Å². The minimum absolute atomic E-state index is 0. The van der Waals surface area contributed by atoms with Crippen molar-refractivity contribution in [1.82, 2.24) is 0 Å². The average molecular weight is 357 g/mol. The second-order valence-electron chi connectivity index (χ2n) is 0.757. The van der Waals surface area contributed by atoms with Gasteiger partial charge in [-0.15, -0.1) is 0 Å². The Bertz CT molecular complexity index is 215. The normalized spacial score (nSPS) is 7.64. The SMILES string of the molecule is N#[C][Pt]([C]#N)([C]#N)[C]#N.O.[KH]. The number of nitriles is 4. The van der Waals surface area contributed by atoms with Crippen LogP contribution < -0.4 is 0 Å². The first kappa shape index (κ1) is 17.4. The zero-order valence-electron chi connectivity index (χ0n) is 4.61. The molecule has 0 aromatic carbocycles. The topological polar surface area (TPSA) is 127 Å². The van der Waals surface area contributed by atoms with E-state index in [1.807, 2.05) is 0 Å². The van der Waals surface area contributed by atoms with Crippen LogP contribution in [-0.4, -0.2) is 56.9 Å². The Kier molecular flexibility index (Phi) is 13.2. The first-order chi connectivity index (χ1) is 4.24. The van der Waals surface area contributed by atoms with Crippen LogP contribution in [0.15, 0.2) is 0 Å². The average Bonchev–Trinajstić information content (AvgIpc) is 1.95. The summed E-state index contributed by atoms with van der Waals surface area (Å²) in [6.07, 6.45) is 0. The third-order valence-electron chi connectivity index (χ3n) is 0.424. The van der Waals surface area contributed by atoms with E-state index >= 15 is 0 Å². The van der Waals surface area contributed by atoms with Crippen LogP contribution in [0.5, 0.6) is 0 Å². The van der Waals surface area contributed by atoms with Gasteiger partial charge in [-0.25, -0.2) is 0 Å². The Balaban J connectivity index is -0.000000320. The summed E-state index contributed by atoms with van der Waals surface area (Å²) in [5, 5.41) is 32.6. The van der Waals surface area contributed by atoms with Crippen LogP contribution in [0.2, 0.25) is 0 Å². The predicted octanol–water partition coefficient (Wildman–Crippen LogP) is -1.41. The van der Waals surface area contributed by atoms with Gasteiger partial charge in [-0.05, 0) is 0 Å². The second-order valence-corrected chi connectivity index (χ2v) is 6.20. The van der Waals surface area contributed by atoms with Gasteiger partial charge in [0.1, 0.15) is 0 Å². The number of hydrogen-bond donors (Lipinski definition) is 0. The van der Waals surface area contributed by atoms with E-state index in [4.69, 9.17) is 21.0 Å². The third-order valence-corrected chi connectivity index (χ3v) is 3.47. The summed E-state index contributed by atoms with van der Waals surface area (Å²) in [6, 6.07) is 0. The molecule has 0 unspecified atom stereocenters. The molecule has 7 heteroatoms. The Morgan fingerprint density at radius 2 is 0.909 bits per heavy atom. The fraction of sp³-hybridized carbons (Fsp3) is 0. The molecule has 0 fully saturated rings. The Morgan fingerprint density at radius 3 is 0.909 bits per heavy atom. The molecule has 0 bridgehead atoms. The molecule has 5 nitrogen and oxygen atoms in total. The van der Waals surface area contributed by atoms with E-state index in [2.05, 4.69) is 0 Å². The fourth-order valence-corrected chi connectivity index (χ4v) is 0.777. The molecule has 0 aromatic heterocycles. The monoisotopic (exact) mass is 357 g/mol. The van der Waals surface area contributed by atoms with E-state index in [1.165, 1.54) is 17.8 Å². The number of rotatable bonds is 0. The van der Waals surface area contributed by atoms with Crippen molar-refractivity contribution in [1.29, 1.82) is 21.0 Å². The molecule has 0 aliphatic heterocycles. The standard InChI is InChI=1S/4CN.K.H2O.Pt.H/c4*1-2;;;;/h;;;;;1H2;;. The molecule has 0 amide bonds. The van der Waals surface area contributed by atoms with Crippen molar-refractivity contribution in [2.24, 2.45) is 0 Å². The summed E-state index contributed by atoms with van der Waals surface area (Å²) in [7, 11) is 0. The van der Waals surface area contributed by atoms with Gasteiger partial charge in [0, 0.05) is 0 Å². The van der Waals surface area contributed by atoms with Crippen molar-refractivity contribution in [2.75, 3.05) is 0 Å². The van der Waals surface area contributed by atoms with Gasteiger partial charge in [-0.2, -0.15) is 0 Å². The first-order valence-corrected chi connectivity index (χ1v) is 6.07. The summed E-state index contributed by atoms with van der Waals surface area (Å²) >= 11 is -3.88. The fourth-order valence-electron chi connectivity index (χ4n) is 0.0949. The van der Waals surface area contributed by atoms with Crippen LogP contribution in [0.4, 0.5) is 0 Å². The molecule has 0 atom stereocenters. The molecule has 0 aliphatic carbocycles. The molecule has 0 aliphatic rings. The van der Waals surface area contributed by atoms with Crippen molar-refractivity contribution in [3.63, 3.8) is 0 Å². The number of nitrogens with zero attached hydrogens (tertiary/aromatic N) is 4. The van der Waals surface area contributed by atoms with E-state index in [9.17, 15) is 0 Å². The molecule has 0 rings (SSSR count). The summed E-state index contributed by atoms with van der Waals surface area (Å²) in [5.41, 5.74) is 0. The third kappa shape index (κ3) is 4.64. The summed E-state index contributed by atoms with van der Waals surface area (Å²) < 4.78 is 5.85. The summed E-state index contributed by atoms with van der Waals surface area (Å²) in [6.45, 7) is 0. The van der Waals surface area contributed by atoms with Crippen LogP contribution in [-0.2, 0) is 16.1 Å². The van der Waals surface area contributed by atoms with Gasteiger partial charge in [-0.1, -0.05) is 0 Å². The van der Waals surface area contributed by atoms with E-state index in [1.54, 1.807) is 0 Å². The molecular weight excluding hydrogens is 354 g/mol. The van der Waals surface area contributed by atoms with Crippen molar-refractivity contribution in [2.45, 2.75) is 0 Å². The van der Waals surface area contributed by atoms with Crippen molar-refractivity contribution in [3.8, 4) is 17.8 Å². The molecule has 0 saturated carbocycles. The van der Waals surface area contributed by atoms with Crippen LogP contribution in [0.3, 0.4) is 0 Å². The van der Waals surface area contributed by atoms with E-state index in [-0.39, 0.29) is 56.9 Å². The molecule has 0 saturated heterocycles. The van der Waals surface area contributed by atoms with Gasteiger partial charge in [0.05, 0.1) is 0 Å². The van der Waals surface area contributed by atoms with Crippen molar-refractivity contribution < 1.29 is 21.5 Å². The second kappa shape index (κ2) is 8.34. The molecule has 56 valence electrons. The molecule has 0 radical (unpaired) electrons. The van der Waals surface area contributed by atoms with Crippen molar-refractivity contribution >= 4 is 51.4 Å². The van der Waals surface area contributed by atoms with Gasteiger partial charge in [-0.3, -0.25) is 0 Å². The first-order valence-electron chi connectivity index (χ1n) is 1.53. The molecule has 0 heterocycles. The van der Waals surface area contributed by atoms with Gasteiger partial charge in [0.15, 0.2) is 0 Å². The van der Waals surface area contributed by atoms with E-state index in [0.29, 0.717) is 0 Å². The molecule has 0 spiro atoms. The van der Waals surface area contributed by atoms with Crippen molar-refractivity contribution in [3.05, 3.63) is 0 Å². The Labute approximate surface area is 110 Å². The predicted molar refractivity (Wildman–Crippen MR) is 33.2 cm³/mol. The maximum absolute atomic E-state index is 8.14. The Morgan fingerprint density at radius 1 is 0.727 bits per heavy atom. The summed E-state index contributed by atoms with van der Waals surface area (Å²) in [4.78, 5) is 0. The van der Waals surface area contributed by atoms with Crippen LogP contribution in [0.25, 0.3) is 0 Å². The molecule has 2 N–H and O–H groups in total. The van der Waals surface area contributed by atoms with E-state index < -0.39 is 16.1 Å². The zero-order valence-corrected chi connectivity index (χ0v) is 6.88. The molecule has 0 aromatic rings. The van der Waals surface area contributed by atoms with Gasteiger partial charge in [0.2, 0.25) is 0 Å². The van der Waals surface area contributed by atoms with Crippen LogP contribution in [0, 0.1) is 38.9 Å². The van der Waals surface area contributed by atoms with Gasteiger partial charge in [0.25, 0.3) is 0 Å². The maximum atomic E-state index is 8.14. The van der Waals surface area contributed by atoms with Gasteiger partial charge < -0.3 is 5.48 Å². The molecule has 11 heavy (non-hydrogen) atoms. The molecular formula is C4H3KN4OPt. The minimum atomic E-state index is -3.88.